The first-order valence-electron chi connectivity index (χ1n) is 10.9. The van der Waals surface area contributed by atoms with Gasteiger partial charge < -0.3 is 15.0 Å². The van der Waals surface area contributed by atoms with Crippen molar-refractivity contribution in [3.8, 4) is 0 Å². The minimum atomic E-state index is -3.04. The fraction of sp³-hybridized carbons (Fsp3) is 0.200. The Balaban J connectivity index is 1.87. The van der Waals surface area contributed by atoms with Gasteiger partial charge in [-0.2, -0.15) is 0 Å². The van der Waals surface area contributed by atoms with Gasteiger partial charge in [0.2, 0.25) is 0 Å². The van der Waals surface area contributed by atoms with Gasteiger partial charge in [-0.15, -0.1) is 0 Å². The Labute approximate surface area is 218 Å². The highest BCUT2D eigenvalue weighted by Gasteiger charge is 2.27. The summed E-state index contributed by atoms with van der Waals surface area (Å²) in [6.07, 6.45) is 3.06. The molecule has 0 fully saturated rings. The third kappa shape index (κ3) is 5.63. The maximum atomic E-state index is 14.7. The molecule has 0 unspecified atom stereocenters. The molecule has 0 bridgehead atoms. The number of aliphatic hydroxyl groups excluding tert-OH is 1. The highest BCUT2D eigenvalue weighted by molar-refractivity contribution is 14.1. The molecule has 2 aromatic heterocycles. The summed E-state index contributed by atoms with van der Waals surface area (Å²) in [6, 6.07) is 12.2. The molecule has 0 aliphatic rings. The smallest absolute Gasteiger partial charge is 0.293 e. The lowest BCUT2D eigenvalue weighted by Gasteiger charge is -2.15. The summed E-state index contributed by atoms with van der Waals surface area (Å²) in [6.45, 7) is 0.418. The van der Waals surface area contributed by atoms with E-state index in [0.717, 1.165) is 6.92 Å². The molecule has 1 amide bonds. The van der Waals surface area contributed by atoms with Crippen LogP contribution in [0.15, 0.2) is 60.9 Å². The number of hydrogen-bond acceptors (Lipinski definition) is 5. The summed E-state index contributed by atoms with van der Waals surface area (Å²) in [4.78, 5) is 22.4. The van der Waals surface area contributed by atoms with E-state index in [1.165, 1.54) is 36.7 Å². The van der Waals surface area contributed by atoms with Gasteiger partial charge in [0.25, 0.3) is 11.8 Å². The minimum Gasteiger partial charge on any atom is -0.394 e. The lowest BCUT2D eigenvalue weighted by atomic mass is 10.1. The van der Waals surface area contributed by atoms with E-state index in [0.29, 0.717) is 20.0 Å². The number of halogens is 4. The van der Waals surface area contributed by atoms with Crippen molar-refractivity contribution >= 4 is 50.8 Å². The quantitative estimate of drug-likeness (QED) is 0.135. The molecule has 0 atom stereocenters. The fourth-order valence-corrected chi connectivity index (χ4v) is 4.24. The minimum absolute atomic E-state index is 0.0596. The van der Waals surface area contributed by atoms with Crippen molar-refractivity contribution in [1.29, 1.82) is 0 Å². The van der Waals surface area contributed by atoms with Crippen LogP contribution >= 0.6 is 22.6 Å². The second-order valence-electron chi connectivity index (χ2n) is 8.04. The SMILES string of the molecule is CC(F)(F)c1cccc(Cn2c(C(=O)NOCCO)c(Nc3ccc(I)cc3F)c3cnccc32)c1. The molecule has 2 aromatic carbocycles. The molecule has 188 valence electrons. The molecular formula is C25H22F3IN4O3. The van der Waals surface area contributed by atoms with E-state index in [4.69, 9.17) is 9.94 Å². The number of aromatic nitrogens is 2. The molecule has 0 radical (unpaired) electrons. The van der Waals surface area contributed by atoms with E-state index in [9.17, 15) is 18.0 Å². The van der Waals surface area contributed by atoms with Gasteiger partial charge in [0.1, 0.15) is 11.5 Å². The molecule has 4 rings (SSSR count). The number of aliphatic hydroxyl groups is 1. The van der Waals surface area contributed by atoms with E-state index in [2.05, 4.69) is 15.8 Å². The third-order valence-corrected chi connectivity index (χ3v) is 6.07. The summed E-state index contributed by atoms with van der Waals surface area (Å²) in [5.74, 6) is -4.23. The summed E-state index contributed by atoms with van der Waals surface area (Å²) in [5.41, 5.74) is 3.69. The second-order valence-corrected chi connectivity index (χ2v) is 9.29. The number of hydrogen-bond donors (Lipinski definition) is 3. The van der Waals surface area contributed by atoms with Crippen molar-refractivity contribution in [3.05, 3.63) is 87.1 Å². The van der Waals surface area contributed by atoms with Gasteiger partial charge in [0.15, 0.2) is 0 Å². The molecule has 0 saturated heterocycles. The maximum absolute atomic E-state index is 14.7. The van der Waals surface area contributed by atoms with Crippen LogP contribution in [0.1, 0.15) is 28.5 Å². The number of carbonyl (C=O) groups is 1. The van der Waals surface area contributed by atoms with Crippen LogP contribution in [-0.2, 0) is 17.3 Å². The number of carbonyl (C=O) groups excluding carboxylic acids is 1. The van der Waals surface area contributed by atoms with Gasteiger partial charge in [-0.05, 0) is 58.5 Å². The normalized spacial score (nSPS) is 11.6. The van der Waals surface area contributed by atoms with Crippen LogP contribution < -0.4 is 10.8 Å². The number of nitrogens with one attached hydrogen (secondary N) is 2. The summed E-state index contributed by atoms with van der Waals surface area (Å²) in [7, 11) is 0. The number of amides is 1. The van der Waals surface area contributed by atoms with Gasteiger partial charge >= 0.3 is 0 Å². The lowest BCUT2D eigenvalue weighted by Crippen LogP contribution is -2.28. The van der Waals surface area contributed by atoms with Crippen LogP contribution in [0.4, 0.5) is 24.5 Å². The Bertz CT molecular complexity index is 1410. The number of nitrogens with zero attached hydrogens (tertiary/aromatic N) is 2. The zero-order chi connectivity index (χ0) is 25.9. The van der Waals surface area contributed by atoms with Gasteiger partial charge in [-0.25, -0.2) is 18.7 Å². The Morgan fingerprint density at radius 2 is 2.03 bits per heavy atom. The van der Waals surface area contributed by atoms with Crippen molar-refractivity contribution in [3.63, 3.8) is 0 Å². The van der Waals surface area contributed by atoms with Gasteiger partial charge in [0, 0.05) is 40.4 Å². The van der Waals surface area contributed by atoms with Crippen LogP contribution in [0.3, 0.4) is 0 Å². The number of hydroxylamine groups is 1. The third-order valence-electron chi connectivity index (χ3n) is 5.40. The van der Waals surface area contributed by atoms with Crippen molar-refractivity contribution in [2.24, 2.45) is 0 Å². The summed E-state index contributed by atoms with van der Waals surface area (Å²) >= 11 is 1.99. The molecule has 2 heterocycles. The van der Waals surface area contributed by atoms with Crippen molar-refractivity contribution < 1.29 is 27.9 Å². The molecule has 7 nitrogen and oxygen atoms in total. The highest BCUT2D eigenvalue weighted by Crippen LogP contribution is 2.35. The van der Waals surface area contributed by atoms with Crippen LogP contribution in [0.25, 0.3) is 10.9 Å². The van der Waals surface area contributed by atoms with E-state index >= 15 is 0 Å². The first kappa shape index (κ1) is 25.9. The van der Waals surface area contributed by atoms with E-state index in [1.54, 1.807) is 28.8 Å². The molecule has 4 aromatic rings. The standard InChI is InChI=1S/C25H22F3IN4O3/c1-25(27,28)16-4-2-3-15(11-16)14-33-21-7-8-30-13-18(21)22(23(33)24(35)32-36-10-9-34)31-20-6-5-17(29)12-19(20)26/h2-8,11-13,31,34H,9-10,14H2,1H3,(H,32,35). The number of benzene rings is 2. The highest BCUT2D eigenvalue weighted by atomic mass is 127. The van der Waals surface area contributed by atoms with E-state index in [1.807, 2.05) is 22.6 Å². The average molecular weight is 610 g/mol. The number of anilines is 2. The van der Waals surface area contributed by atoms with Gasteiger partial charge in [-0.3, -0.25) is 14.6 Å². The average Bonchev–Trinajstić information content (AvgIpc) is 3.14. The summed E-state index contributed by atoms with van der Waals surface area (Å²) in [5, 5.41) is 12.5. The zero-order valence-corrected chi connectivity index (χ0v) is 21.2. The number of fused-ring (bicyclic) bond motifs is 1. The van der Waals surface area contributed by atoms with Crippen LogP contribution in [0.5, 0.6) is 0 Å². The fourth-order valence-electron chi connectivity index (χ4n) is 3.79. The molecule has 0 aliphatic carbocycles. The zero-order valence-electron chi connectivity index (χ0n) is 19.1. The van der Waals surface area contributed by atoms with Crippen LogP contribution in [0, 0.1) is 9.39 Å². The summed E-state index contributed by atoms with van der Waals surface area (Å²) < 4.78 is 44.9. The first-order chi connectivity index (χ1) is 17.2. The predicted molar refractivity (Wildman–Crippen MR) is 138 cm³/mol. The molecule has 36 heavy (non-hydrogen) atoms. The van der Waals surface area contributed by atoms with Gasteiger partial charge in [-0.1, -0.05) is 18.2 Å². The largest absolute Gasteiger partial charge is 0.394 e. The maximum Gasteiger partial charge on any atom is 0.293 e. The van der Waals surface area contributed by atoms with E-state index < -0.39 is 17.6 Å². The Hall–Kier alpha value is -3.16. The van der Waals surface area contributed by atoms with Crippen LogP contribution in [-0.4, -0.2) is 33.8 Å². The second kappa shape index (κ2) is 10.8. The molecule has 0 saturated carbocycles. The molecule has 11 heteroatoms. The Morgan fingerprint density at radius 3 is 2.75 bits per heavy atom. The Kier molecular flexibility index (Phi) is 7.81. The molecule has 0 spiro atoms. The topological polar surface area (TPSA) is 88.4 Å². The first-order valence-corrected chi connectivity index (χ1v) is 12.0. The molecule has 3 N–H and O–H groups in total. The van der Waals surface area contributed by atoms with Gasteiger partial charge in [0.05, 0.1) is 30.1 Å². The van der Waals surface area contributed by atoms with Crippen molar-refractivity contribution in [2.45, 2.75) is 19.4 Å². The molecular weight excluding hydrogens is 588 g/mol. The Morgan fingerprint density at radius 1 is 1.22 bits per heavy atom. The van der Waals surface area contributed by atoms with Crippen molar-refractivity contribution in [1.82, 2.24) is 15.0 Å². The van der Waals surface area contributed by atoms with E-state index in [-0.39, 0.29) is 42.4 Å². The van der Waals surface area contributed by atoms with Crippen LogP contribution in [0.2, 0.25) is 0 Å². The lowest BCUT2D eigenvalue weighted by molar-refractivity contribution is 0.0160. The number of pyridine rings is 1. The van der Waals surface area contributed by atoms with Crippen molar-refractivity contribution in [2.75, 3.05) is 18.5 Å². The number of rotatable bonds is 9. The monoisotopic (exact) mass is 610 g/mol. The molecule has 0 aliphatic heterocycles. The number of alkyl halides is 2. The predicted octanol–water partition coefficient (Wildman–Crippen LogP) is 5.34.